The van der Waals surface area contributed by atoms with Crippen molar-refractivity contribution in [3.8, 4) is 17.4 Å². The highest BCUT2D eigenvalue weighted by molar-refractivity contribution is 6.35. The summed E-state index contributed by atoms with van der Waals surface area (Å²) >= 11 is 6.63. The van der Waals surface area contributed by atoms with Crippen molar-refractivity contribution in [3.05, 3.63) is 28.2 Å². The smallest absolute Gasteiger partial charge is 0.418 e. The minimum Gasteiger partial charge on any atom is -0.461 e. The maximum atomic E-state index is 16.5. The second-order valence-corrected chi connectivity index (χ2v) is 12.5. The molecular weight excluding hydrogens is 595 g/mol. The predicted octanol–water partition coefficient (Wildman–Crippen LogP) is 4.68. The summed E-state index contributed by atoms with van der Waals surface area (Å²) in [4.78, 5) is 20.9. The average molecular weight is 625 g/mol. The van der Waals surface area contributed by atoms with E-state index in [1.807, 2.05) is 4.90 Å². The highest BCUT2D eigenvalue weighted by atomic mass is 35.5. The van der Waals surface area contributed by atoms with Gasteiger partial charge >= 0.3 is 12.2 Å². The number of alkyl halides is 4. The third kappa shape index (κ3) is 4.91. The van der Waals surface area contributed by atoms with E-state index in [0.29, 0.717) is 26.1 Å². The SMILES string of the molecule is Cc1cc(N)nc(-c2nc(Cl)c3c(N4CC5CCC(C4)N5)nc(OC[C@@]45CCCN4C[C@H](F)C5)nc3c2F)c1C(F)(F)F. The lowest BCUT2D eigenvalue weighted by Gasteiger charge is -2.34. The van der Waals surface area contributed by atoms with Crippen LogP contribution in [0.3, 0.4) is 0 Å². The van der Waals surface area contributed by atoms with E-state index in [-0.39, 0.29) is 58.0 Å². The molecule has 0 amide bonds. The van der Waals surface area contributed by atoms with Crippen LogP contribution in [0.1, 0.15) is 43.2 Å². The van der Waals surface area contributed by atoms with E-state index in [1.54, 1.807) is 0 Å². The second-order valence-electron chi connectivity index (χ2n) is 12.1. The molecule has 7 heterocycles. The Hall–Kier alpha value is -3.10. The first kappa shape index (κ1) is 28.7. The summed E-state index contributed by atoms with van der Waals surface area (Å²) in [5, 5.41) is 3.32. The Morgan fingerprint density at radius 1 is 1.12 bits per heavy atom. The molecule has 7 rings (SSSR count). The van der Waals surface area contributed by atoms with Gasteiger partial charge in [0.05, 0.1) is 16.5 Å². The zero-order valence-electron chi connectivity index (χ0n) is 23.3. The van der Waals surface area contributed by atoms with Crippen LogP contribution in [0.2, 0.25) is 5.15 Å². The number of pyridine rings is 2. The molecule has 230 valence electrons. The zero-order chi connectivity index (χ0) is 30.3. The normalized spacial score (nSPS) is 27.3. The van der Waals surface area contributed by atoms with Gasteiger partial charge in [-0.05, 0) is 50.8 Å². The molecule has 0 aromatic carbocycles. The number of hydrogen-bond donors (Lipinski definition) is 2. The van der Waals surface area contributed by atoms with Crippen LogP contribution < -0.4 is 20.7 Å². The number of halogens is 6. The fraction of sp³-hybridized carbons (Fsp3) is 0.571. The first-order chi connectivity index (χ1) is 20.4. The summed E-state index contributed by atoms with van der Waals surface area (Å²) in [6.45, 7) is 3.49. The van der Waals surface area contributed by atoms with Gasteiger partial charge in [-0.15, -0.1) is 0 Å². The van der Waals surface area contributed by atoms with E-state index in [9.17, 15) is 17.6 Å². The van der Waals surface area contributed by atoms with Crippen molar-refractivity contribution in [1.29, 1.82) is 0 Å². The number of anilines is 2. The van der Waals surface area contributed by atoms with Gasteiger partial charge in [0.15, 0.2) is 5.82 Å². The lowest BCUT2D eigenvalue weighted by atomic mass is 9.95. The van der Waals surface area contributed by atoms with E-state index < -0.39 is 40.7 Å². The Bertz CT molecular complexity index is 1600. The molecule has 0 radical (unpaired) electrons. The third-order valence-electron chi connectivity index (χ3n) is 9.19. The summed E-state index contributed by atoms with van der Waals surface area (Å²) in [5.41, 5.74) is 2.01. The minimum absolute atomic E-state index is 0.0658. The van der Waals surface area contributed by atoms with Crippen molar-refractivity contribution < 1.29 is 26.7 Å². The molecule has 4 aliphatic heterocycles. The largest absolute Gasteiger partial charge is 0.461 e. The minimum atomic E-state index is -4.87. The molecule has 9 nitrogen and oxygen atoms in total. The standard InChI is InChI=1S/C28H30ClF5N8O/c1-13-7-17(35)37-22(19(13)28(32,33)34)23-20(31)21-18(24(29)38-23)25(41-10-15-3-4-16(11-41)36-15)40-26(39-21)43-12-27-5-2-6-42(27)9-14(30)8-27/h7,14-16,36H,2-6,8-12H2,1H3,(H2,35,37)/t14-,15?,16?,27+/m1/s1. The van der Waals surface area contributed by atoms with Crippen LogP contribution in [0.4, 0.5) is 33.6 Å². The molecule has 0 aliphatic carbocycles. The number of hydrogen-bond acceptors (Lipinski definition) is 9. The van der Waals surface area contributed by atoms with E-state index >= 15 is 4.39 Å². The van der Waals surface area contributed by atoms with Crippen molar-refractivity contribution in [2.24, 2.45) is 0 Å². The maximum Gasteiger partial charge on any atom is 0.418 e. The number of nitrogens with two attached hydrogens (primary N) is 1. The number of nitrogens with one attached hydrogen (secondary N) is 1. The summed E-state index contributed by atoms with van der Waals surface area (Å²) in [5.74, 6) is -1.10. The molecule has 3 aromatic heterocycles. The molecular formula is C28H30ClF5N8O. The fourth-order valence-electron chi connectivity index (χ4n) is 7.39. The van der Waals surface area contributed by atoms with Crippen LogP contribution >= 0.6 is 11.6 Å². The van der Waals surface area contributed by atoms with E-state index in [4.69, 9.17) is 22.1 Å². The lowest BCUT2D eigenvalue weighted by molar-refractivity contribution is -0.137. The number of nitrogens with zero attached hydrogens (tertiary/aromatic N) is 6. The Balaban J connectivity index is 1.38. The van der Waals surface area contributed by atoms with Crippen molar-refractivity contribution in [1.82, 2.24) is 30.2 Å². The Kier molecular flexibility index (Phi) is 6.82. The Morgan fingerprint density at radius 2 is 1.86 bits per heavy atom. The van der Waals surface area contributed by atoms with Crippen LogP contribution in [-0.4, -0.2) is 81.4 Å². The van der Waals surface area contributed by atoms with Crippen LogP contribution in [0.15, 0.2) is 6.07 Å². The number of aromatic nitrogens is 4. The molecule has 4 saturated heterocycles. The number of piperazine rings is 1. The summed E-state index contributed by atoms with van der Waals surface area (Å²) in [6, 6.07) is 1.26. The predicted molar refractivity (Wildman–Crippen MR) is 150 cm³/mol. The van der Waals surface area contributed by atoms with Crippen molar-refractivity contribution in [2.75, 3.05) is 43.4 Å². The van der Waals surface area contributed by atoms with Crippen LogP contribution in [0.5, 0.6) is 6.01 Å². The third-order valence-corrected chi connectivity index (χ3v) is 9.47. The number of nitrogen functional groups attached to an aromatic ring is 1. The molecule has 3 N–H and O–H groups in total. The van der Waals surface area contributed by atoms with Crippen molar-refractivity contribution in [3.63, 3.8) is 0 Å². The van der Waals surface area contributed by atoms with Crippen LogP contribution in [0, 0.1) is 12.7 Å². The quantitative estimate of drug-likeness (QED) is 0.309. The molecule has 4 fully saturated rings. The monoisotopic (exact) mass is 624 g/mol. The van der Waals surface area contributed by atoms with Gasteiger partial charge in [-0.3, -0.25) is 4.90 Å². The topological polar surface area (TPSA) is 105 Å². The van der Waals surface area contributed by atoms with Gasteiger partial charge in [-0.25, -0.2) is 18.7 Å². The molecule has 4 aliphatic rings. The highest BCUT2D eigenvalue weighted by Gasteiger charge is 2.49. The van der Waals surface area contributed by atoms with Gasteiger partial charge in [-0.1, -0.05) is 11.6 Å². The van der Waals surface area contributed by atoms with Gasteiger partial charge in [0.1, 0.15) is 46.5 Å². The van der Waals surface area contributed by atoms with Gasteiger partial charge in [-0.2, -0.15) is 23.1 Å². The number of fused-ring (bicyclic) bond motifs is 4. The fourth-order valence-corrected chi connectivity index (χ4v) is 7.65. The van der Waals surface area contributed by atoms with Gasteiger partial charge in [0, 0.05) is 38.1 Å². The van der Waals surface area contributed by atoms with E-state index in [1.165, 1.54) is 6.92 Å². The molecule has 2 unspecified atom stereocenters. The number of ether oxygens (including phenoxy) is 1. The van der Waals surface area contributed by atoms with Crippen LogP contribution in [0.25, 0.3) is 22.3 Å². The van der Waals surface area contributed by atoms with E-state index in [2.05, 4.69) is 30.2 Å². The molecule has 4 atom stereocenters. The summed E-state index contributed by atoms with van der Waals surface area (Å²) < 4.78 is 79.4. The second kappa shape index (κ2) is 10.2. The molecule has 43 heavy (non-hydrogen) atoms. The summed E-state index contributed by atoms with van der Waals surface area (Å²) in [6.07, 6.45) is -1.98. The Morgan fingerprint density at radius 3 is 2.58 bits per heavy atom. The first-order valence-electron chi connectivity index (χ1n) is 14.4. The first-order valence-corrected chi connectivity index (χ1v) is 14.7. The van der Waals surface area contributed by atoms with Crippen molar-refractivity contribution in [2.45, 2.75) is 69.0 Å². The lowest BCUT2D eigenvalue weighted by Crippen LogP contribution is -2.51. The van der Waals surface area contributed by atoms with Gasteiger partial charge in [0.2, 0.25) is 0 Å². The zero-order valence-corrected chi connectivity index (χ0v) is 24.1. The summed E-state index contributed by atoms with van der Waals surface area (Å²) in [7, 11) is 0. The molecule has 0 spiro atoms. The van der Waals surface area contributed by atoms with Crippen molar-refractivity contribution >= 4 is 34.1 Å². The molecule has 0 saturated carbocycles. The highest BCUT2D eigenvalue weighted by Crippen LogP contribution is 2.44. The number of aryl methyl sites for hydroxylation is 1. The molecule has 15 heteroatoms. The maximum absolute atomic E-state index is 16.5. The molecule has 3 aromatic rings. The molecule has 2 bridgehead atoms. The average Bonchev–Trinajstić information content (AvgIpc) is 3.58. The van der Waals surface area contributed by atoms with E-state index in [0.717, 1.165) is 38.3 Å². The van der Waals surface area contributed by atoms with Crippen LogP contribution in [-0.2, 0) is 6.18 Å². The number of rotatable bonds is 5. The Labute approximate surface area is 249 Å². The van der Waals surface area contributed by atoms with Gasteiger partial charge < -0.3 is 20.7 Å². The van der Waals surface area contributed by atoms with Gasteiger partial charge in [0.25, 0.3) is 0 Å².